The van der Waals surface area contributed by atoms with Gasteiger partial charge in [-0.2, -0.15) is 5.10 Å². The smallest absolute Gasteiger partial charge is 0.307 e. The second-order valence-corrected chi connectivity index (χ2v) is 7.01. The average Bonchev–Trinajstić information content (AvgIpc) is 3.08. The fourth-order valence-electron chi connectivity index (χ4n) is 2.91. The van der Waals surface area contributed by atoms with Crippen LogP contribution < -0.4 is 10.3 Å². The largest absolute Gasteiger partial charge is 0.459 e. The molecule has 25 heavy (non-hydrogen) atoms. The number of nitrogens with one attached hydrogen (secondary N) is 1. The summed E-state index contributed by atoms with van der Waals surface area (Å²) in [6.45, 7) is 6.40. The summed E-state index contributed by atoms with van der Waals surface area (Å²) in [5.74, 6) is -0.204. The first-order chi connectivity index (χ1) is 11.8. The molecule has 1 aromatic carbocycles. The van der Waals surface area contributed by atoms with Crippen molar-refractivity contribution in [1.82, 2.24) is 5.43 Å². The molecular formula is C19H20ClN3O2. The molecule has 0 fully saturated rings. The summed E-state index contributed by atoms with van der Waals surface area (Å²) in [6.07, 6.45) is 5.20. The molecule has 3 rings (SSSR count). The Morgan fingerprint density at radius 2 is 2.16 bits per heavy atom. The number of likely N-dealkylation sites (N-methyl/N-ethyl adjacent to an activating group) is 1. The molecule has 0 spiro atoms. The lowest BCUT2D eigenvalue weighted by Crippen LogP contribution is -2.42. The third kappa shape index (κ3) is 3.33. The molecule has 1 aromatic heterocycles. The van der Waals surface area contributed by atoms with Gasteiger partial charge in [0.2, 0.25) is 0 Å². The number of allylic oxidation sites excluding steroid dienone is 1. The normalized spacial score (nSPS) is 15.9. The highest BCUT2D eigenvalue weighted by Crippen LogP contribution is 2.40. The summed E-state index contributed by atoms with van der Waals surface area (Å²) < 4.78 is 5.02. The number of hydrogen-bond acceptors (Lipinski definition) is 4. The van der Waals surface area contributed by atoms with Gasteiger partial charge in [0.25, 0.3) is 0 Å². The van der Waals surface area contributed by atoms with Crippen molar-refractivity contribution >= 4 is 35.0 Å². The van der Waals surface area contributed by atoms with Crippen LogP contribution in [0, 0.1) is 0 Å². The summed E-state index contributed by atoms with van der Waals surface area (Å²) in [5.41, 5.74) is 6.45. The SMILES string of the molecule is CC1=CC(C)(C)N(C)c2cc(Cl)c(/C=N/NC(=O)c3ccco3)cc21. The second kappa shape index (κ2) is 6.41. The van der Waals surface area contributed by atoms with Crippen molar-refractivity contribution in [2.45, 2.75) is 26.3 Å². The van der Waals surface area contributed by atoms with Gasteiger partial charge < -0.3 is 9.32 Å². The number of anilines is 1. The monoisotopic (exact) mass is 357 g/mol. The van der Waals surface area contributed by atoms with E-state index >= 15 is 0 Å². The Morgan fingerprint density at radius 3 is 2.84 bits per heavy atom. The number of hydrogen-bond donors (Lipinski definition) is 1. The van der Waals surface area contributed by atoms with Crippen LogP contribution in [0.2, 0.25) is 5.02 Å². The summed E-state index contributed by atoms with van der Waals surface area (Å²) in [5, 5.41) is 4.55. The minimum absolute atomic E-state index is 0.0764. The van der Waals surface area contributed by atoms with E-state index in [4.69, 9.17) is 16.0 Å². The number of fused-ring (bicyclic) bond motifs is 1. The Kier molecular flexibility index (Phi) is 4.43. The van der Waals surface area contributed by atoms with Gasteiger partial charge in [0, 0.05) is 23.9 Å². The van der Waals surface area contributed by atoms with Gasteiger partial charge in [0.15, 0.2) is 5.76 Å². The van der Waals surface area contributed by atoms with Crippen LogP contribution in [-0.4, -0.2) is 24.7 Å². The van der Waals surface area contributed by atoms with Gasteiger partial charge in [-0.05, 0) is 50.6 Å². The zero-order valence-corrected chi connectivity index (χ0v) is 15.4. The van der Waals surface area contributed by atoms with Crippen molar-refractivity contribution in [2.24, 2.45) is 5.10 Å². The molecule has 1 aliphatic heterocycles. The molecule has 0 aliphatic carbocycles. The molecule has 130 valence electrons. The van der Waals surface area contributed by atoms with E-state index in [0.717, 1.165) is 16.8 Å². The highest BCUT2D eigenvalue weighted by Gasteiger charge is 2.29. The molecule has 0 saturated carbocycles. The molecule has 5 nitrogen and oxygen atoms in total. The number of carbonyl (C=O) groups excluding carboxylic acids is 1. The fourth-order valence-corrected chi connectivity index (χ4v) is 3.12. The van der Waals surface area contributed by atoms with Gasteiger partial charge in [0.05, 0.1) is 23.0 Å². The van der Waals surface area contributed by atoms with E-state index < -0.39 is 5.91 Å². The van der Waals surface area contributed by atoms with Gasteiger partial charge >= 0.3 is 5.91 Å². The lowest BCUT2D eigenvalue weighted by atomic mass is 9.88. The van der Waals surface area contributed by atoms with Gasteiger partial charge in [-0.15, -0.1) is 0 Å². The van der Waals surface area contributed by atoms with E-state index in [1.807, 2.05) is 12.1 Å². The van der Waals surface area contributed by atoms with Gasteiger partial charge in [-0.1, -0.05) is 17.7 Å². The summed E-state index contributed by atoms with van der Waals surface area (Å²) in [7, 11) is 2.05. The molecule has 0 saturated heterocycles. The predicted octanol–water partition coefficient (Wildman–Crippen LogP) is 4.33. The number of nitrogens with zero attached hydrogens (tertiary/aromatic N) is 2. The Morgan fingerprint density at radius 1 is 1.40 bits per heavy atom. The van der Waals surface area contributed by atoms with E-state index in [0.29, 0.717) is 5.02 Å². The van der Waals surface area contributed by atoms with Crippen LogP contribution in [0.5, 0.6) is 0 Å². The predicted molar refractivity (Wildman–Crippen MR) is 101 cm³/mol. The van der Waals surface area contributed by atoms with Crippen molar-refractivity contribution < 1.29 is 9.21 Å². The van der Waals surface area contributed by atoms with Gasteiger partial charge in [-0.3, -0.25) is 4.79 Å². The van der Waals surface area contributed by atoms with Crippen molar-refractivity contribution in [3.63, 3.8) is 0 Å². The van der Waals surface area contributed by atoms with Crippen molar-refractivity contribution in [1.29, 1.82) is 0 Å². The highest BCUT2D eigenvalue weighted by molar-refractivity contribution is 6.33. The molecule has 0 bridgehead atoms. The van der Waals surface area contributed by atoms with Crippen LogP contribution in [0.15, 0.2) is 46.1 Å². The third-order valence-corrected chi connectivity index (χ3v) is 4.78. The van der Waals surface area contributed by atoms with E-state index in [1.54, 1.807) is 12.1 Å². The first kappa shape index (κ1) is 17.3. The summed E-state index contributed by atoms with van der Waals surface area (Å²) in [4.78, 5) is 14.0. The number of amides is 1. The maximum absolute atomic E-state index is 11.8. The van der Waals surface area contributed by atoms with Crippen LogP contribution in [0.1, 0.15) is 42.5 Å². The number of furan rings is 1. The van der Waals surface area contributed by atoms with Crippen molar-refractivity contribution in [3.05, 3.63) is 58.5 Å². The van der Waals surface area contributed by atoms with Crippen LogP contribution in [0.25, 0.3) is 5.57 Å². The maximum Gasteiger partial charge on any atom is 0.307 e. The quantitative estimate of drug-likeness (QED) is 0.657. The number of carbonyl (C=O) groups is 1. The van der Waals surface area contributed by atoms with Crippen molar-refractivity contribution in [3.8, 4) is 0 Å². The molecule has 1 N–H and O–H groups in total. The fraction of sp³-hybridized carbons (Fsp3) is 0.263. The minimum atomic E-state index is -0.409. The van der Waals surface area contributed by atoms with Crippen LogP contribution in [0.3, 0.4) is 0 Å². The zero-order valence-electron chi connectivity index (χ0n) is 14.6. The Labute approximate surface area is 152 Å². The Bertz CT molecular complexity index is 867. The number of benzene rings is 1. The van der Waals surface area contributed by atoms with E-state index in [1.165, 1.54) is 18.1 Å². The minimum Gasteiger partial charge on any atom is -0.459 e. The zero-order chi connectivity index (χ0) is 18.2. The standard InChI is InChI=1S/C19H20ClN3O2/c1-12-10-19(2,3)23(4)16-9-15(20)13(8-14(12)16)11-21-22-18(24)17-6-5-7-25-17/h5-11H,1-4H3,(H,22,24)/b21-11+. The lowest BCUT2D eigenvalue weighted by molar-refractivity contribution is 0.0927. The molecule has 0 unspecified atom stereocenters. The summed E-state index contributed by atoms with van der Waals surface area (Å²) >= 11 is 6.41. The molecule has 2 aromatic rings. The molecule has 2 heterocycles. The Hall–Kier alpha value is -2.53. The molecule has 0 atom stereocenters. The third-order valence-electron chi connectivity index (χ3n) is 4.45. The van der Waals surface area contributed by atoms with E-state index in [9.17, 15) is 4.79 Å². The molecule has 0 radical (unpaired) electrons. The second-order valence-electron chi connectivity index (χ2n) is 6.61. The molecule has 1 aliphatic rings. The number of rotatable bonds is 3. The van der Waals surface area contributed by atoms with Gasteiger partial charge in [0.1, 0.15) is 0 Å². The number of halogens is 1. The molecular weight excluding hydrogens is 338 g/mol. The van der Waals surface area contributed by atoms with Crippen LogP contribution >= 0.6 is 11.6 Å². The maximum atomic E-state index is 11.8. The first-order valence-electron chi connectivity index (χ1n) is 7.94. The van der Waals surface area contributed by atoms with E-state index in [-0.39, 0.29) is 11.3 Å². The molecule has 6 heteroatoms. The molecule has 1 amide bonds. The highest BCUT2D eigenvalue weighted by atomic mass is 35.5. The Balaban J connectivity index is 1.86. The van der Waals surface area contributed by atoms with E-state index in [2.05, 4.69) is 49.3 Å². The lowest BCUT2D eigenvalue weighted by Gasteiger charge is -2.40. The average molecular weight is 358 g/mol. The van der Waals surface area contributed by atoms with Crippen LogP contribution in [0.4, 0.5) is 5.69 Å². The summed E-state index contributed by atoms with van der Waals surface area (Å²) in [6, 6.07) is 7.14. The number of hydrazone groups is 1. The van der Waals surface area contributed by atoms with Crippen LogP contribution in [-0.2, 0) is 0 Å². The van der Waals surface area contributed by atoms with Gasteiger partial charge in [-0.25, -0.2) is 5.43 Å². The van der Waals surface area contributed by atoms with Crippen molar-refractivity contribution in [2.75, 3.05) is 11.9 Å². The first-order valence-corrected chi connectivity index (χ1v) is 8.31. The topological polar surface area (TPSA) is 57.8 Å².